The number of unbranched alkanes of at least 4 members (excludes halogenated alkanes) is 2. The molecule has 0 spiro atoms. The lowest BCUT2D eigenvalue weighted by atomic mass is 10.1. The van der Waals surface area contributed by atoms with Crippen LogP contribution in [0, 0.1) is 10.1 Å². The van der Waals surface area contributed by atoms with Crippen LogP contribution in [0.3, 0.4) is 0 Å². The van der Waals surface area contributed by atoms with Crippen LogP contribution in [0.15, 0.2) is 40.9 Å². The van der Waals surface area contributed by atoms with Crippen LogP contribution in [-0.4, -0.2) is 34.1 Å². The molecule has 1 aliphatic heterocycles. The highest BCUT2D eigenvalue weighted by Gasteiger charge is 2.40. The Kier molecular flexibility index (Phi) is 6.84. The number of imide groups is 1. The van der Waals surface area contributed by atoms with Gasteiger partial charge in [0.25, 0.3) is 17.5 Å². The normalized spacial score (nSPS) is 12.8. The number of anilines is 1. The van der Waals surface area contributed by atoms with Crippen molar-refractivity contribution in [2.75, 3.05) is 11.9 Å². The predicted octanol–water partition coefficient (Wildman–Crippen LogP) is 4.81. The van der Waals surface area contributed by atoms with E-state index in [1.807, 2.05) is 0 Å². The van der Waals surface area contributed by atoms with Gasteiger partial charge < -0.3 is 5.32 Å². The molecule has 8 nitrogen and oxygen atoms in total. The Morgan fingerprint density at radius 3 is 2.60 bits per heavy atom. The summed E-state index contributed by atoms with van der Waals surface area (Å²) in [5.74, 6) is -1.36. The van der Waals surface area contributed by atoms with Crippen molar-refractivity contribution in [1.29, 1.82) is 0 Å². The average Bonchev–Trinajstić information content (AvgIpc) is 2.94. The van der Waals surface area contributed by atoms with Crippen molar-refractivity contribution in [3.63, 3.8) is 0 Å². The molecule has 2 aromatic carbocycles. The van der Waals surface area contributed by atoms with Gasteiger partial charge in [0.15, 0.2) is 0 Å². The quantitative estimate of drug-likeness (QED) is 0.245. The third-order valence-electron chi connectivity index (χ3n) is 4.66. The van der Waals surface area contributed by atoms with Crippen molar-refractivity contribution >= 4 is 56.6 Å². The number of halogens is 2. The van der Waals surface area contributed by atoms with Crippen LogP contribution < -0.4 is 5.32 Å². The zero-order valence-electron chi connectivity index (χ0n) is 15.7. The number of carbonyl (C=O) groups excluding carboxylic acids is 3. The lowest BCUT2D eigenvalue weighted by Gasteiger charge is -2.13. The summed E-state index contributed by atoms with van der Waals surface area (Å²) in [6, 6.07) is 9.18. The van der Waals surface area contributed by atoms with Gasteiger partial charge in [0, 0.05) is 23.5 Å². The molecule has 1 aliphatic rings. The number of nitro benzene ring substituents is 1. The molecule has 0 aromatic heterocycles. The molecule has 0 saturated carbocycles. The maximum Gasteiger partial charge on any atom is 0.282 e. The second-order valence-electron chi connectivity index (χ2n) is 6.70. The summed E-state index contributed by atoms with van der Waals surface area (Å²) in [7, 11) is 0. The minimum atomic E-state index is -0.663. The van der Waals surface area contributed by atoms with Crippen LogP contribution in [0.1, 0.15) is 46.4 Å². The fourth-order valence-electron chi connectivity index (χ4n) is 3.21. The predicted molar refractivity (Wildman–Crippen MR) is 115 cm³/mol. The highest BCUT2D eigenvalue weighted by atomic mass is 79.9. The maximum atomic E-state index is 12.5. The van der Waals surface area contributed by atoms with Crippen LogP contribution >= 0.6 is 27.5 Å². The molecule has 156 valence electrons. The molecule has 0 unspecified atom stereocenters. The molecule has 10 heteroatoms. The summed E-state index contributed by atoms with van der Waals surface area (Å²) < 4.78 is 0.809. The Bertz CT molecular complexity index is 1040. The molecule has 30 heavy (non-hydrogen) atoms. The van der Waals surface area contributed by atoms with Crippen molar-refractivity contribution in [2.24, 2.45) is 0 Å². The molecule has 0 aliphatic carbocycles. The van der Waals surface area contributed by atoms with Gasteiger partial charge in [-0.05, 0) is 37.1 Å². The first-order valence-electron chi connectivity index (χ1n) is 9.18. The summed E-state index contributed by atoms with van der Waals surface area (Å²) in [6.07, 6.45) is 1.92. The van der Waals surface area contributed by atoms with Crippen LogP contribution in [-0.2, 0) is 4.79 Å². The molecule has 3 amide bonds. The Morgan fingerprint density at radius 1 is 1.13 bits per heavy atom. The van der Waals surface area contributed by atoms with E-state index in [0.717, 1.165) is 9.37 Å². The van der Waals surface area contributed by atoms with Crippen molar-refractivity contribution in [1.82, 2.24) is 4.90 Å². The third-order valence-corrected chi connectivity index (χ3v) is 5.47. The van der Waals surface area contributed by atoms with Crippen molar-refractivity contribution in [3.8, 4) is 0 Å². The van der Waals surface area contributed by atoms with Crippen LogP contribution in [0.2, 0.25) is 5.02 Å². The van der Waals surface area contributed by atoms with Gasteiger partial charge in [0.2, 0.25) is 5.91 Å². The largest absolute Gasteiger partial charge is 0.325 e. The van der Waals surface area contributed by atoms with E-state index in [9.17, 15) is 24.5 Å². The first kappa shape index (κ1) is 21.9. The Balaban J connectivity index is 1.47. The van der Waals surface area contributed by atoms with E-state index < -0.39 is 16.7 Å². The van der Waals surface area contributed by atoms with Gasteiger partial charge in [0.05, 0.1) is 21.2 Å². The molecule has 0 saturated heterocycles. The molecule has 0 fully saturated rings. The van der Waals surface area contributed by atoms with Crippen molar-refractivity contribution < 1.29 is 19.3 Å². The number of hydrogen-bond donors (Lipinski definition) is 1. The summed E-state index contributed by atoms with van der Waals surface area (Å²) in [5, 5.41) is 14.3. The number of rotatable bonds is 8. The standard InChI is InChI=1S/C20H17BrClN3O5/c21-12-8-9-15(14(22)11-12)23-17(26)7-2-1-3-10-24-19(27)13-5-4-6-16(25(29)30)18(13)20(24)28/h4-6,8-9,11H,1-3,7,10H2,(H,23,26). The van der Waals surface area contributed by atoms with E-state index in [-0.39, 0.29) is 35.7 Å². The average molecular weight is 495 g/mol. The number of fused-ring (bicyclic) bond motifs is 1. The Morgan fingerprint density at radius 2 is 1.90 bits per heavy atom. The van der Waals surface area contributed by atoms with Crippen molar-refractivity contribution in [3.05, 3.63) is 67.1 Å². The van der Waals surface area contributed by atoms with Crippen molar-refractivity contribution in [2.45, 2.75) is 25.7 Å². The highest BCUT2D eigenvalue weighted by molar-refractivity contribution is 9.10. The Hall–Kier alpha value is -2.78. The summed E-state index contributed by atoms with van der Waals surface area (Å²) in [5.41, 5.74) is 0.0623. The number of carbonyl (C=O) groups is 3. The van der Waals surface area contributed by atoms with E-state index in [1.54, 1.807) is 18.2 Å². The van der Waals surface area contributed by atoms with Gasteiger partial charge in [-0.3, -0.25) is 29.4 Å². The monoisotopic (exact) mass is 493 g/mol. The molecular weight excluding hydrogens is 478 g/mol. The van der Waals surface area contributed by atoms with E-state index in [4.69, 9.17) is 11.6 Å². The Labute approximate surface area is 185 Å². The van der Waals surface area contributed by atoms with E-state index >= 15 is 0 Å². The van der Waals surface area contributed by atoms with Gasteiger partial charge in [-0.15, -0.1) is 0 Å². The zero-order valence-corrected chi connectivity index (χ0v) is 18.0. The molecule has 1 heterocycles. The van der Waals surface area contributed by atoms with Gasteiger partial charge in [-0.1, -0.05) is 40.0 Å². The molecule has 3 rings (SSSR count). The number of benzene rings is 2. The summed E-state index contributed by atoms with van der Waals surface area (Å²) in [4.78, 5) is 48.4. The fourth-order valence-corrected chi connectivity index (χ4v) is 3.93. The first-order chi connectivity index (χ1) is 14.3. The highest BCUT2D eigenvalue weighted by Crippen LogP contribution is 2.31. The second-order valence-corrected chi connectivity index (χ2v) is 8.02. The molecule has 0 bridgehead atoms. The van der Waals surface area contributed by atoms with Gasteiger partial charge in [-0.2, -0.15) is 0 Å². The number of hydrogen-bond acceptors (Lipinski definition) is 5. The minimum absolute atomic E-state index is 0.0555. The first-order valence-corrected chi connectivity index (χ1v) is 10.3. The topological polar surface area (TPSA) is 110 Å². The molecule has 2 aromatic rings. The zero-order chi connectivity index (χ0) is 21.8. The van der Waals surface area contributed by atoms with Crippen LogP contribution in [0.5, 0.6) is 0 Å². The van der Waals surface area contributed by atoms with E-state index in [0.29, 0.717) is 30.0 Å². The molecular formula is C20H17BrClN3O5. The number of nitrogens with one attached hydrogen (secondary N) is 1. The lowest BCUT2D eigenvalue weighted by molar-refractivity contribution is -0.385. The van der Waals surface area contributed by atoms with E-state index in [2.05, 4.69) is 21.2 Å². The maximum absolute atomic E-state index is 12.5. The summed E-state index contributed by atoms with van der Waals surface area (Å²) >= 11 is 9.37. The molecule has 0 atom stereocenters. The summed E-state index contributed by atoms with van der Waals surface area (Å²) in [6.45, 7) is 0.143. The minimum Gasteiger partial charge on any atom is -0.325 e. The molecule has 0 radical (unpaired) electrons. The molecule has 1 N–H and O–H groups in total. The van der Waals surface area contributed by atoms with Crippen LogP contribution in [0.4, 0.5) is 11.4 Å². The SMILES string of the molecule is O=C(CCCCCN1C(=O)c2cccc([N+](=O)[O-])c2C1=O)Nc1ccc(Br)cc1Cl. The van der Waals surface area contributed by atoms with Crippen LogP contribution in [0.25, 0.3) is 0 Å². The number of amides is 3. The van der Waals surface area contributed by atoms with Gasteiger partial charge >= 0.3 is 0 Å². The second kappa shape index (κ2) is 9.36. The lowest BCUT2D eigenvalue weighted by Crippen LogP contribution is -2.30. The third kappa shape index (κ3) is 4.68. The number of nitro groups is 1. The fraction of sp³-hybridized carbons (Fsp3) is 0.250. The van der Waals surface area contributed by atoms with Gasteiger partial charge in [0.1, 0.15) is 5.56 Å². The smallest absolute Gasteiger partial charge is 0.282 e. The number of nitrogens with zero attached hydrogens (tertiary/aromatic N) is 2. The van der Waals surface area contributed by atoms with E-state index in [1.165, 1.54) is 18.2 Å². The van der Waals surface area contributed by atoms with Gasteiger partial charge in [-0.25, -0.2) is 0 Å².